The molecule has 7 heteroatoms. The summed E-state index contributed by atoms with van der Waals surface area (Å²) >= 11 is 0. The van der Waals surface area contributed by atoms with Crippen molar-refractivity contribution in [1.29, 1.82) is 0 Å². The van der Waals surface area contributed by atoms with E-state index in [9.17, 15) is 9.59 Å². The van der Waals surface area contributed by atoms with Crippen LogP contribution in [0.2, 0.25) is 0 Å². The Labute approximate surface area is 187 Å². The largest absolute Gasteiger partial charge is 0.330 e. The summed E-state index contributed by atoms with van der Waals surface area (Å²) in [7, 11) is 0. The summed E-state index contributed by atoms with van der Waals surface area (Å²) in [6.07, 6.45) is 3.90. The highest BCUT2D eigenvalue weighted by Crippen LogP contribution is 2.22. The molecule has 1 fully saturated rings. The van der Waals surface area contributed by atoms with Crippen LogP contribution >= 0.6 is 0 Å². The fourth-order valence-electron chi connectivity index (χ4n) is 4.51. The minimum atomic E-state index is -0.168. The fourth-order valence-corrected chi connectivity index (χ4v) is 4.51. The van der Waals surface area contributed by atoms with Crippen LogP contribution < -0.4 is 0 Å². The van der Waals surface area contributed by atoms with Crippen molar-refractivity contribution in [3.05, 3.63) is 78.1 Å². The van der Waals surface area contributed by atoms with Crippen LogP contribution in [0.15, 0.2) is 67.0 Å². The molecule has 2 amide bonds. The van der Waals surface area contributed by atoms with E-state index in [1.807, 2.05) is 30.6 Å². The van der Waals surface area contributed by atoms with Crippen molar-refractivity contribution in [2.75, 3.05) is 45.8 Å². The first-order valence-corrected chi connectivity index (χ1v) is 11.2. The SMILES string of the molecule is O=C1c2ccccc2C(=O)N1CCN1CCN(CCn2ccnc2-c2ccccc2)CC1. The van der Waals surface area contributed by atoms with Gasteiger partial charge in [-0.2, -0.15) is 0 Å². The van der Waals surface area contributed by atoms with Gasteiger partial charge in [0, 0.05) is 70.3 Å². The highest BCUT2D eigenvalue weighted by atomic mass is 16.2. The number of aromatic nitrogens is 2. The molecule has 5 rings (SSSR count). The van der Waals surface area contributed by atoms with Crippen LogP contribution in [0.1, 0.15) is 20.7 Å². The third kappa shape index (κ3) is 4.09. The minimum Gasteiger partial charge on any atom is -0.330 e. The molecule has 0 atom stereocenters. The molecule has 2 aliphatic rings. The van der Waals surface area contributed by atoms with Gasteiger partial charge in [0.1, 0.15) is 5.82 Å². The van der Waals surface area contributed by atoms with Crippen LogP contribution in [0, 0.1) is 0 Å². The van der Waals surface area contributed by atoms with Gasteiger partial charge in [-0.1, -0.05) is 42.5 Å². The molecule has 3 aromatic rings. The third-order valence-corrected chi connectivity index (χ3v) is 6.39. The van der Waals surface area contributed by atoms with Crippen LogP contribution in [0.25, 0.3) is 11.4 Å². The first-order chi connectivity index (χ1) is 15.7. The summed E-state index contributed by atoms with van der Waals surface area (Å²) in [6.45, 7) is 6.90. The molecule has 7 nitrogen and oxygen atoms in total. The Balaban J connectivity index is 1.09. The van der Waals surface area contributed by atoms with E-state index in [1.165, 1.54) is 4.90 Å². The third-order valence-electron chi connectivity index (χ3n) is 6.39. The van der Waals surface area contributed by atoms with Crippen LogP contribution in [-0.4, -0.2) is 81.9 Å². The van der Waals surface area contributed by atoms with Gasteiger partial charge in [-0.15, -0.1) is 0 Å². The number of rotatable bonds is 7. The van der Waals surface area contributed by atoms with Gasteiger partial charge in [0.05, 0.1) is 11.1 Å². The molecule has 32 heavy (non-hydrogen) atoms. The number of benzene rings is 2. The second-order valence-corrected chi connectivity index (χ2v) is 8.30. The Morgan fingerprint density at radius 1 is 0.688 bits per heavy atom. The van der Waals surface area contributed by atoms with Crippen LogP contribution in [0.4, 0.5) is 0 Å². The van der Waals surface area contributed by atoms with E-state index in [-0.39, 0.29) is 11.8 Å². The van der Waals surface area contributed by atoms with Crippen molar-refractivity contribution >= 4 is 11.8 Å². The number of hydrogen-bond acceptors (Lipinski definition) is 5. The smallest absolute Gasteiger partial charge is 0.261 e. The molecule has 2 aliphatic heterocycles. The number of carbonyl (C=O) groups is 2. The van der Waals surface area contributed by atoms with Crippen molar-refractivity contribution in [1.82, 2.24) is 24.3 Å². The molecule has 0 N–H and O–H groups in total. The average Bonchev–Trinajstić information content (AvgIpc) is 3.41. The standard InChI is InChI=1S/C25H27N5O2/c31-24-21-8-4-5-9-22(21)25(32)30(24)19-17-28-14-12-27(13-15-28)16-18-29-11-10-26-23(29)20-6-2-1-3-7-20/h1-11H,12-19H2. The number of piperazine rings is 1. The molecule has 1 saturated heterocycles. The maximum absolute atomic E-state index is 12.5. The normalized spacial score (nSPS) is 17.2. The molecule has 0 unspecified atom stereocenters. The Morgan fingerprint density at radius 3 is 1.88 bits per heavy atom. The van der Waals surface area contributed by atoms with Gasteiger partial charge in [-0.3, -0.25) is 24.3 Å². The Bertz CT molecular complexity index is 1070. The first kappa shape index (κ1) is 20.6. The highest BCUT2D eigenvalue weighted by molar-refractivity contribution is 6.21. The maximum Gasteiger partial charge on any atom is 0.261 e. The highest BCUT2D eigenvalue weighted by Gasteiger charge is 2.35. The second kappa shape index (κ2) is 9.06. The van der Waals surface area contributed by atoms with Crippen molar-refractivity contribution < 1.29 is 9.59 Å². The van der Waals surface area contributed by atoms with E-state index < -0.39 is 0 Å². The number of fused-ring (bicyclic) bond motifs is 1. The lowest BCUT2D eigenvalue weighted by Crippen LogP contribution is -2.49. The Morgan fingerprint density at radius 2 is 1.25 bits per heavy atom. The van der Waals surface area contributed by atoms with Crippen molar-refractivity contribution in [3.63, 3.8) is 0 Å². The monoisotopic (exact) mass is 429 g/mol. The molecule has 0 radical (unpaired) electrons. The van der Waals surface area contributed by atoms with E-state index in [2.05, 4.69) is 31.5 Å². The van der Waals surface area contributed by atoms with Crippen molar-refractivity contribution in [2.24, 2.45) is 0 Å². The van der Waals surface area contributed by atoms with E-state index in [0.29, 0.717) is 17.7 Å². The van der Waals surface area contributed by atoms with Crippen LogP contribution in [0.3, 0.4) is 0 Å². The van der Waals surface area contributed by atoms with Gasteiger partial charge in [0.25, 0.3) is 11.8 Å². The molecule has 1 aromatic heterocycles. The van der Waals surface area contributed by atoms with Gasteiger partial charge in [0.15, 0.2) is 0 Å². The Kier molecular flexibility index (Phi) is 5.83. The first-order valence-electron chi connectivity index (χ1n) is 11.2. The lowest BCUT2D eigenvalue weighted by atomic mass is 10.1. The van der Waals surface area contributed by atoms with Gasteiger partial charge < -0.3 is 4.57 Å². The van der Waals surface area contributed by atoms with Gasteiger partial charge >= 0.3 is 0 Å². The van der Waals surface area contributed by atoms with E-state index in [0.717, 1.165) is 57.2 Å². The molecule has 0 spiro atoms. The van der Waals surface area contributed by atoms with E-state index >= 15 is 0 Å². The zero-order valence-electron chi connectivity index (χ0n) is 18.1. The Hall–Kier alpha value is -3.29. The van der Waals surface area contributed by atoms with Crippen LogP contribution in [-0.2, 0) is 6.54 Å². The van der Waals surface area contributed by atoms with Crippen molar-refractivity contribution in [3.8, 4) is 11.4 Å². The van der Waals surface area contributed by atoms with Crippen LogP contribution in [0.5, 0.6) is 0 Å². The zero-order valence-corrected chi connectivity index (χ0v) is 18.1. The maximum atomic E-state index is 12.5. The lowest BCUT2D eigenvalue weighted by molar-refractivity contribution is 0.0614. The average molecular weight is 430 g/mol. The summed E-state index contributed by atoms with van der Waals surface area (Å²) < 4.78 is 2.21. The van der Waals surface area contributed by atoms with E-state index in [1.54, 1.807) is 24.3 Å². The summed E-state index contributed by atoms with van der Waals surface area (Å²) in [5, 5.41) is 0. The number of imide groups is 1. The van der Waals surface area contributed by atoms with Gasteiger partial charge in [-0.25, -0.2) is 4.98 Å². The second-order valence-electron chi connectivity index (χ2n) is 8.30. The zero-order chi connectivity index (χ0) is 21.9. The molecule has 164 valence electrons. The summed E-state index contributed by atoms with van der Waals surface area (Å²) in [5.41, 5.74) is 2.18. The fraction of sp³-hybridized carbons (Fsp3) is 0.320. The quantitative estimate of drug-likeness (QED) is 0.540. The predicted molar refractivity (Wildman–Crippen MR) is 122 cm³/mol. The number of nitrogens with zero attached hydrogens (tertiary/aromatic N) is 5. The predicted octanol–water partition coefficient (Wildman–Crippen LogP) is 2.46. The van der Waals surface area contributed by atoms with Crippen molar-refractivity contribution in [2.45, 2.75) is 6.54 Å². The summed E-state index contributed by atoms with van der Waals surface area (Å²) in [6, 6.07) is 17.3. The van der Waals surface area contributed by atoms with Gasteiger partial charge in [-0.05, 0) is 12.1 Å². The lowest BCUT2D eigenvalue weighted by Gasteiger charge is -2.35. The molecule has 0 saturated carbocycles. The molecule has 3 heterocycles. The number of hydrogen-bond donors (Lipinski definition) is 0. The molecule has 2 aromatic carbocycles. The van der Waals surface area contributed by atoms with Gasteiger partial charge in [0.2, 0.25) is 0 Å². The molecular weight excluding hydrogens is 402 g/mol. The number of carbonyl (C=O) groups excluding carboxylic acids is 2. The molecule has 0 aliphatic carbocycles. The summed E-state index contributed by atoms with van der Waals surface area (Å²) in [5.74, 6) is 0.669. The topological polar surface area (TPSA) is 61.7 Å². The molecular formula is C25H27N5O2. The van der Waals surface area contributed by atoms with E-state index in [4.69, 9.17) is 0 Å². The molecule has 0 bridgehead atoms. The number of imidazole rings is 1. The number of amides is 2. The minimum absolute atomic E-state index is 0.168. The summed E-state index contributed by atoms with van der Waals surface area (Å²) in [4.78, 5) is 35.8.